The van der Waals surface area contributed by atoms with E-state index in [1.165, 1.54) is 5.57 Å². The van der Waals surface area contributed by atoms with Crippen molar-refractivity contribution in [1.29, 1.82) is 0 Å². The van der Waals surface area contributed by atoms with Crippen molar-refractivity contribution in [2.24, 2.45) is 11.3 Å². The van der Waals surface area contributed by atoms with Gasteiger partial charge >= 0.3 is 0 Å². The minimum absolute atomic E-state index is 0.0571. The Hall–Kier alpha value is -0.590. The van der Waals surface area contributed by atoms with E-state index in [2.05, 4.69) is 33.8 Å². The average molecular weight is 194 g/mol. The summed E-state index contributed by atoms with van der Waals surface area (Å²) in [4.78, 5) is 11.9. The maximum atomic E-state index is 11.9. The summed E-state index contributed by atoms with van der Waals surface area (Å²) >= 11 is 0. The molecule has 0 unspecified atom stereocenters. The second-order valence-corrected chi connectivity index (χ2v) is 5.29. The molecule has 0 aromatic carbocycles. The Morgan fingerprint density at radius 2 is 1.93 bits per heavy atom. The topological polar surface area (TPSA) is 17.1 Å². The predicted octanol–water partition coefficient (Wildman–Crippen LogP) is 3.74. The molecule has 0 spiro atoms. The van der Waals surface area contributed by atoms with Crippen molar-refractivity contribution in [2.75, 3.05) is 0 Å². The van der Waals surface area contributed by atoms with Crippen molar-refractivity contribution in [3.63, 3.8) is 0 Å². The standard InChI is InChI=1S/C13H22O/c1-10(2)5-6-13(7-8-13)12(14)9-11(3)4/h5,11H,6-9H2,1-4H3. The highest BCUT2D eigenvalue weighted by Gasteiger charge is 2.47. The Bertz CT molecular complexity index is 240. The molecule has 0 amide bonds. The van der Waals surface area contributed by atoms with Crippen LogP contribution in [0.1, 0.15) is 53.4 Å². The second kappa shape index (κ2) is 4.29. The molecule has 0 atom stereocenters. The lowest BCUT2D eigenvalue weighted by Crippen LogP contribution is -2.17. The maximum absolute atomic E-state index is 11.9. The number of hydrogen-bond donors (Lipinski definition) is 0. The lowest BCUT2D eigenvalue weighted by Gasteiger charge is -2.13. The van der Waals surface area contributed by atoms with Gasteiger partial charge in [0.2, 0.25) is 0 Å². The van der Waals surface area contributed by atoms with Crippen LogP contribution in [-0.4, -0.2) is 5.78 Å². The van der Waals surface area contributed by atoms with E-state index in [9.17, 15) is 4.79 Å². The summed E-state index contributed by atoms with van der Waals surface area (Å²) in [7, 11) is 0. The smallest absolute Gasteiger partial charge is 0.139 e. The molecule has 0 saturated heterocycles. The first-order chi connectivity index (χ1) is 6.46. The van der Waals surface area contributed by atoms with Crippen LogP contribution in [0.15, 0.2) is 11.6 Å². The van der Waals surface area contributed by atoms with Crippen molar-refractivity contribution < 1.29 is 4.79 Å². The monoisotopic (exact) mass is 194 g/mol. The van der Waals surface area contributed by atoms with E-state index < -0.39 is 0 Å². The summed E-state index contributed by atoms with van der Waals surface area (Å²) < 4.78 is 0. The summed E-state index contributed by atoms with van der Waals surface area (Å²) in [6, 6.07) is 0. The lowest BCUT2D eigenvalue weighted by molar-refractivity contribution is -0.124. The number of carbonyl (C=O) groups is 1. The number of allylic oxidation sites excluding steroid dienone is 2. The first kappa shape index (κ1) is 11.5. The molecule has 1 rings (SSSR count). The molecular weight excluding hydrogens is 172 g/mol. The van der Waals surface area contributed by atoms with Crippen molar-refractivity contribution in [2.45, 2.75) is 53.4 Å². The van der Waals surface area contributed by atoms with E-state index in [4.69, 9.17) is 0 Å². The zero-order valence-electron chi connectivity index (χ0n) is 9.89. The fourth-order valence-corrected chi connectivity index (χ4v) is 1.73. The molecule has 0 aromatic heterocycles. The van der Waals surface area contributed by atoms with E-state index in [0.29, 0.717) is 11.7 Å². The summed E-state index contributed by atoms with van der Waals surface area (Å²) in [5.74, 6) is 0.997. The lowest BCUT2D eigenvalue weighted by atomic mass is 9.90. The minimum atomic E-state index is 0.0571. The quantitative estimate of drug-likeness (QED) is 0.609. The second-order valence-electron chi connectivity index (χ2n) is 5.29. The third-order valence-corrected chi connectivity index (χ3v) is 2.94. The van der Waals surface area contributed by atoms with Gasteiger partial charge in [0, 0.05) is 11.8 Å². The van der Waals surface area contributed by atoms with E-state index >= 15 is 0 Å². The zero-order chi connectivity index (χ0) is 10.8. The average Bonchev–Trinajstić information content (AvgIpc) is 2.80. The van der Waals surface area contributed by atoms with Crippen LogP contribution in [0.25, 0.3) is 0 Å². The third-order valence-electron chi connectivity index (χ3n) is 2.94. The maximum Gasteiger partial charge on any atom is 0.139 e. The number of rotatable bonds is 5. The molecule has 1 heteroatoms. The highest BCUT2D eigenvalue weighted by molar-refractivity contribution is 5.87. The fourth-order valence-electron chi connectivity index (χ4n) is 1.73. The van der Waals surface area contributed by atoms with Gasteiger partial charge in [-0.2, -0.15) is 0 Å². The predicted molar refractivity (Wildman–Crippen MR) is 60.2 cm³/mol. The molecule has 1 aliphatic rings. The number of ketones is 1. The van der Waals surface area contributed by atoms with Crippen LogP contribution in [0.5, 0.6) is 0 Å². The van der Waals surface area contributed by atoms with Gasteiger partial charge in [0.05, 0.1) is 0 Å². The molecule has 1 nitrogen and oxygen atoms in total. The molecule has 80 valence electrons. The van der Waals surface area contributed by atoms with Crippen molar-refractivity contribution in [3.05, 3.63) is 11.6 Å². The summed E-state index contributed by atoms with van der Waals surface area (Å²) in [5, 5.41) is 0. The van der Waals surface area contributed by atoms with Gasteiger partial charge in [0.15, 0.2) is 0 Å². The zero-order valence-corrected chi connectivity index (χ0v) is 9.89. The molecule has 14 heavy (non-hydrogen) atoms. The van der Waals surface area contributed by atoms with Crippen LogP contribution in [0.3, 0.4) is 0 Å². The molecule has 1 aliphatic carbocycles. The SMILES string of the molecule is CC(C)=CCC1(C(=O)CC(C)C)CC1. The molecule has 0 radical (unpaired) electrons. The molecule has 1 fully saturated rings. The molecule has 0 heterocycles. The van der Waals surface area contributed by atoms with Crippen molar-refractivity contribution in [3.8, 4) is 0 Å². The molecule has 0 N–H and O–H groups in total. The minimum Gasteiger partial charge on any atom is -0.299 e. The Morgan fingerprint density at radius 1 is 1.36 bits per heavy atom. The molecule has 0 aliphatic heterocycles. The van der Waals surface area contributed by atoms with Crippen LogP contribution < -0.4 is 0 Å². The van der Waals surface area contributed by atoms with E-state index in [0.717, 1.165) is 25.7 Å². The Labute approximate surface area is 87.6 Å². The van der Waals surface area contributed by atoms with E-state index in [1.54, 1.807) is 0 Å². The van der Waals surface area contributed by atoms with Gasteiger partial charge in [-0.1, -0.05) is 25.5 Å². The van der Waals surface area contributed by atoms with Crippen LogP contribution in [0.2, 0.25) is 0 Å². The third kappa shape index (κ3) is 2.97. The largest absolute Gasteiger partial charge is 0.299 e. The normalized spacial score (nSPS) is 18.1. The molecule has 1 saturated carbocycles. The van der Waals surface area contributed by atoms with Crippen LogP contribution in [0.4, 0.5) is 0 Å². The van der Waals surface area contributed by atoms with Crippen LogP contribution in [-0.2, 0) is 4.79 Å². The van der Waals surface area contributed by atoms with Gasteiger partial charge in [-0.3, -0.25) is 4.79 Å². The van der Waals surface area contributed by atoms with Gasteiger partial charge in [-0.25, -0.2) is 0 Å². The highest BCUT2D eigenvalue weighted by atomic mass is 16.1. The molecule has 0 bridgehead atoms. The summed E-state index contributed by atoms with van der Waals surface area (Å²) in [5.41, 5.74) is 1.38. The van der Waals surface area contributed by atoms with Gasteiger partial charge in [-0.05, 0) is 39.0 Å². The molecule has 0 aromatic rings. The first-order valence-corrected chi connectivity index (χ1v) is 5.63. The van der Waals surface area contributed by atoms with E-state index in [-0.39, 0.29) is 5.41 Å². The Morgan fingerprint density at radius 3 is 2.29 bits per heavy atom. The highest BCUT2D eigenvalue weighted by Crippen LogP contribution is 2.51. The van der Waals surface area contributed by atoms with Crippen molar-refractivity contribution >= 4 is 5.78 Å². The van der Waals surface area contributed by atoms with Gasteiger partial charge in [-0.15, -0.1) is 0 Å². The van der Waals surface area contributed by atoms with Gasteiger partial charge < -0.3 is 0 Å². The van der Waals surface area contributed by atoms with E-state index in [1.807, 2.05) is 0 Å². The number of Topliss-reactive ketones (excluding diaryl/α,β-unsaturated/α-hetero) is 1. The van der Waals surface area contributed by atoms with Crippen LogP contribution >= 0.6 is 0 Å². The Balaban J connectivity index is 2.49. The summed E-state index contributed by atoms with van der Waals surface area (Å²) in [6.45, 7) is 8.44. The van der Waals surface area contributed by atoms with Gasteiger partial charge in [0.25, 0.3) is 0 Å². The number of hydrogen-bond acceptors (Lipinski definition) is 1. The molecular formula is C13H22O. The van der Waals surface area contributed by atoms with Gasteiger partial charge in [0.1, 0.15) is 5.78 Å². The van der Waals surface area contributed by atoms with Crippen LogP contribution in [0, 0.1) is 11.3 Å². The fraction of sp³-hybridized carbons (Fsp3) is 0.769. The summed E-state index contributed by atoms with van der Waals surface area (Å²) in [6.07, 6.45) is 6.17. The first-order valence-electron chi connectivity index (χ1n) is 5.63. The van der Waals surface area contributed by atoms with Crippen molar-refractivity contribution in [1.82, 2.24) is 0 Å². The Kier molecular flexibility index (Phi) is 3.52. The number of carbonyl (C=O) groups excluding carboxylic acids is 1.